The Hall–Kier alpha value is -2.35. The normalized spacial score (nSPS) is 21.7. The molecule has 0 aliphatic carbocycles. The average molecular weight is 424 g/mol. The Morgan fingerprint density at radius 1 is 1.30 bits per heavy atom. The van der Waals surface area contributed by atoms with Gasteiger partial charge >= 0.3 is 6.18 Å². The number of aliphatic hydroxyl groups is 1. The number of hydrogen-bond donors (Lipinski definition) is 1. The molecular weight excluding hydrogens is 397 g/mol. The Morgan fingerprint density at radius 2 is 2.00 bits per heavy atom. The van der Waals surface area contributed by atoms with E-state index in [0.29, 0.717) is 51.0 Å². The summed E-state index contributed by atoms with van der Waals surface area (Å²) < 4.78 is 39.0. The van der Waals surface area contributed by atoms with E-state index in [0.717, 1.165) is 12.1 Å². The summed E-state index contributed by atoms with van der Waals surface area (Å²) in [5.41, 5.74) is -0.725. The highest BCUT2D eigenvalue weighted by atomic mass is 19.4. The van der Waals surface area contributed by atoms with Gasteiger partial charge in [0.25, 0.3) is 0 Å². The van der Waals surface area contributed by atoms with Gasteiger partial charge in [0, 0.05) is 44.6 Å². The van der Waals surface area contributed by atoms with Gasteiger partial charge in [-0.3, -0.25) is 9.59 Å². The van der Waals surface area contributed by atoms with Crippen molar-refractivity contribution in [1.82, 2.24) is 9.80 Å². The third kappa shape index (κ3) is 4.86. The van der Waals surface area contributed by atoms with E-state index in [1.807, 2.05) is 0 Å². The minimum Gasteiger partial charge on any atom is -0.396 e. The zero-order valence-electron chi connectivity index (χ0n) is 16.8. The summed E-state index contributed by atoms with van der Waals surface area (Å²) in [6.07, 6.45) is -1.25. The topological polar surface area (TPSA) is 60.9 Å². The SMILES string of the molecule is C=CCN1C[C@@H](C(=O)N2CCC(CO)(Cc3cccc(C(F)(F)F)c3)CC2)CC1=O. The van der Waals surface area contributed by atoms with Crippen LogP contribution in [0.4, 0.5) is 13.2 Å². The average Bonchev–Trinajstić information content (AvgIpc) is 3.08. The summed E-state index contributed by atoms with van der Waals surface area (Å²) in [6.45, 7) is 5.12. The molecule has 3 rings (SSSR count). The van der Waals surface area contributed by atoms with E-state index in [2.05, 4.69) is 6.58 Å². The number of aliphatic hydroxyl groups excluding tert-OH is 1. The molecule has 2 heterocycles. The van der Waals surface area contributed by atoms with Gasteiger partial charge in [0.2, 0.25) is 11.8 Å². The molecule has 2 fully saturated rings. The lowest BCUT2D eigenvalue weighted by Crippen LogP contribution is -2.47. The molecule has 1 N–H and O–H groups in total. The highest BCUT2D eigenvalue weighted by molar-refractivity contribution is 5.89. The van der Waals surface area contributed by atoms with Gasteiger partial charge in [0.15, 0.2) is 0 Å². The number of halogens is 3. The molecule has 0 unspecified atom stereocenters. The van der Waals surface area contributed by atoms with Gasteiger partial charge in [0.1, 0.15) is 0 Å². The van der Waals surface area contributed by atoms with E-state index in [1.165, 1.54) is 6.07 Å². The molecule has 0 saturated carbocycles. The predicted molar refractivity (Wildman–Crippen MR) is 105 cm³/mol. The fraction of sp³-hybridized carbons (Fsp3) is 0.545. The second kappa shape index (κ2) is 8.79. The maximum atomic E-state index is 13.0. The first-order valence-electron chi connectivity index (χ1n) is 10.1. The van der Waals surface area contributed by atoms with Crippen molar-refractivity contribution in [2.45, 2.75) is 31.9 Å². The van der Waals surface area contributed by atoms with Crippen molar-refractivity contribution in [3.05, 3.63) is 48.0 Å². The van der Waals surface area contributed by atoms with Crippen molar-refractivity contribution in [2.24, 2.45) is 11.3 Å². The number of nitrogens with zero attached hydrogens (tertiary/aromatic N) is 2. The van der Waals surface area contributed by atoms with Crippen molar-refractivity contribution in [3.8, 4) is 0 Å². The molecule has 1 aromatic carbocycles. The first kappa shape index (κ1) is 22.3. The molecule has 0 bridgehead atoms. The molecule has 164 valence electrons. The molecular formula is C22H27F3N2O3. The monoisotopic (exact) mass is 424 g/mol. The molecule has 2 aliphatic rings. The first-order chi connectivity index (χ1) is 14.2. The number of carbonyl (C=O) groups is 2. The lowest BCUT2D eigenvalue weighted by molar-refractivity contribution is -0.139. The summed E-state index contributed by atoms with van der Waals surface area (Å²) in [5.74, 6) is -0.498. The van der Waals surface area contributed by atoms with Gasteiger partial charge < -0.3 is 14.9 Å². The number of carbonyl (C=O) groups excluding carboxylic acids is 2. The van der Waals surface area contributed by atoms with Crippen molar-refractivity contribution >= 4 is 11.8 Å². The van der Waals surface area contributed by atoms with Crippen LogP contribution in [0.1, 0.15) is 30.4 Å². The van der Waals surface area contributed by atoms with Crippen molar-refractivity contribution < 1.29 is 27.9 Å². The van der Waals surface area contributed by atoms with E-state index in [4.69, 9.17) is 0 Å². The minimum atomic E-state index is -4.41. The van der Waals surface area contributed by atoms with Gasteiger partial charge in [-0.05, 0) is 30.9 Å². The molecule has 5 nitrogen and oxygen atoms in total. The van der Waals surface area contributed by atoms with Crippen molar-refractivity contribution in [3.63, 3.8) is 0 Å². The van der Waals surface area contributed by atoms with Crippen LogP contribution in [0.5, 0.6) is 0 Å². The highest BCUT2D eigenvalue weighted by Gasteiger charge is 2.40. The largest absolute Gasteiger partial charge is 0.416 e. The molecule has 2 aliphatic heterocycles. The molecule has 8 heteroatoms. The van der Waals surface area contributed by atoms with Gasteiger partial charge in [-0.2, -0.15) is 13.2 Å². The zero-order valence-corrected chi connectivity index (χ0v) is 16.8. The second-order valence-electron chi connectivity index (χ2n) is 8.35. The fourth-order valence-electron chi connectivity index (χ4n) is 4.41. The fourth-order valence-corrected chi connectivity index (χ4v) is 4.41. The Labute approximate surface area is 174 Å². The third-order valence-electron chi connectivity index (χ3n) is 6.22. The van der Waals surface area contributed by atoms with E-state index in [9.17, 15) is 27.9 Å². The van der Waals surface area contributed by atoms with Crippen molar-refractivity contribution in [1.29, 1.82) is 0 Å². The number of amides is 2. The van der Waals surface area contributed by atoms with Crippen LogP contribution < -0.4 is 0 Å². The minimum absolute atomic E-state index is 0.0560. The summed E-state index contributed by atoms with van der Waals surface area (Å²) in [4.78, 5) is 28.2. The van der Waals surface area contributed by atoms with Crippen LogP contribution in [0, 0.1) is 11.3 Å². The number of benzene rings is 1. The van der Waals surface area contributed by atoms with E-state index in [1.54, 1.807) is 21.9 Å². The van der Waals surface area contributed by atoms with Crippen LogP contribution in [0.2, 0.25) is 0 Å². The maximum Gasteiger partial charge on any atom is 0.416 e. The quantitative estimate of drug-likeness (QED) is 0.715. The van der Waals surface area contributed by atoms with E-state index < -0.39 is 17.2 Å². The van der Waals surface area contributed by atoms with E-state index >= 15 is 0 Å². The van der Waals surface area contributed by atoms with E-state index in [-0.39, 0.29) is 30.8 Å². The molecule has 2 saturated heterocycles. The Kier molecular flexibility index (Phi) is 6.55. The summed E-state index contributed by atoms with van der Waals surface area (Å²) in [7, 11) is 0. The Balaban J connectivity index is 1.62. The molecule has 1 atom stereocenters. The van der Waals surface area contributed by atoms with Crippen LogP contribution in [0.15, 0.2) is 36.9 Å². The summed E-state index contributed by atoms with van der Waals surface area (Å²) in [5, 5.41) is 10.0. The maximum absolute atomic E-state index is 13.0. The molecule has 30 heavy (non-hydrogen) atoms. The van der Waals surface area contributed by atoms with Crippen LogP contribution >= 0.6 is 0 Å². The predicted octanol–water partition coefficient (Wildman–Crippen LogP) is 2.88. The lowest BCUT2D eigenvalue weighted by Gasteiger charge is -2.41. The number of likely N-dealkylation sites (tertiary alicyclic amines) is 2. The number of rotatable bonds is 6. The summed E-state index contributed by atoms with van der Waals surface area (Å²) >= 11 is 0. The van der Waals surface area contributed by atoms with Crippen LogP contribution in [0.3, 0.4) is 0 Å². The third-order valence-corrected chi connectivity index (χ3v) is 6.22. The number of alkyl halides is 3. The van der Waals surface area contributed by atoms with Crippen LogP contribution in [-0.4, -0.2) is 59.5 Å². The van der Waals surface area contributed by atoms with Crippen LogP contribution in [-0.2, 0) is 22.2 Å². The molecule has 0 radical (unpaired) electrons. The van der Waals surface area contributed by atoms with Gasteiger partial charge in [-0.1, -0.05) is 24.3 Å². The van der Waals surface area contributed by atoms with Gasteiger partial charge in [0.05, 0.1) is 11.5 Å². The first-order valence-corrected chi connectivity index (χ1v) is 10.1. The molecule has 2 amide bonds. The second-order valence-corrected chi connectivity index (χ2v) is 8.35. The lowest BCUT2D eigenvalue weighted by atomic mass is 9.74. The highest BCUT2D eigenvalue weighted by Crippen LogP contribution is 2.37. The number of piperidine rings is 1. The van der Waals surface area contributed by atoms with Crippen molar-refractivity contribution in [2.75, 3.05) is 32.8 Å². The molecule has 0 spiro atoms. The Morgan fingerprint density at radius 3 is 2.60 bits per heavy atom. The zero-order chi connectivity index (χ0) is 21.9. The standard InChI is InChI=1S/C22H27F3N2O3/c1-2-8-27-14-17(12-19(27)29)20(30)26-9-6-21(15-28,7-10-26)13-16-4-3-5-18(11-16)22(23,24)25/h2-5,11,17,28H,1,6-10,12-15H2/t17-/m0/s1. The molecule has 0 aromatic heterocycles. The molecule has 1 aromatic rings. The summed E-state index contributed by atoms with van der Waals surface area (Å²) in [6, 6.07) is 5.19. The van der Waals surface area contributed by atoms with Gasteiger partial charge in [-0.25, -0.2) is 0 Å². The smallest absolute Gasteiger partial charge is 0.396 e. The van der Waals surface area contributed by atoms with Gasteiger partial charge in [-0.15, -0.1) is 6.58 Å². The number of hydrogen-bond acceptors (Lipinski definition) is 3. The van der Waals surface area contributed by atoms with Crippen LogP contribution in [0.25, 0.3) is 0 Å². The Bertz CT molecular complexity index is 801.